The van der Waals surface area contributed by atoms with Gasteiger partial charge in [0.1, 0.15) is 22.8 Å². The zero-order chi connectivity index (χ0) is 29.3. The predicted molar refractivity (Wildman–Crippen MR) is 158 cm³/mol. The molecule has 12 heteroatoms. The number of hydrogen-bond donors (Lipinski definition) is 5. The fraction of sp³-hybridized carbons (Fsp3) is 0.133. The first kappa shape index (κ1) is 26.2. The molecule has 0 bridgehead atoms. The largest absolute Gasteiger partial charge is 0.506 e. The second kappa shape index (κ2) is 9.41. The summed E-state index contributed by atoms with van der Waals surface area (Å²) in [5.41, 5.74) is 2.64. The molecular weight excluding hydrogens is 615 g/mol. The summed E-state index contributed by atoms with van der Waals surface area (Å²) in [6.07, 6.45) is -4.62. The molecule has 7 rings (SSSR count). The molecule has 8 nitrogen and oxygen atoms in total. The van der Waals surface area contributed by atoms with Crippen molar-refractivity contribution in [2.24, 2.45) is 0 Å². The van der Waals surface area contributed by atoms with Gasteiger partial charge in [0.2, 0.25) is 0 Å². The van der Waals surface area contributed by atoms with E-state index in [2.05, 4.69) is 36.2 Å². The number of aromatic amines is 3. The molecule has 4 heterocycles. The highest BCUT2D eigenvalue weighted by Gasteiger charge is 2.38. The summed E-state index contributed by atoms with van der Waals surface area (Å²) < 4.78 is 40.3. The highest BCUT2D eigenvalue weighted by molar-refractivity contribution is 9.09. The number of para-hydroxylation sites is 1. The number of alkyl halides is 4. The Hall–Kier alpha value is -4.71. The van der Waals surface area contributed by atoms with Gasteiger partial charge in [-0.15, -0.1) is 0 Å². The van der Waals surface area contributed by atoms with E-state index >= 15 is 0 Å². The SMILES string of the molecule is O=C(Nc1ccc2[nH]c(C(=O)N3CC(CBr)c4c3cc(O)c3[nH]c(C(F)(F)F)cc43)cc2c1)c1cc2ccccc2[nH]1. The molecule has 1 unspecified atom stereocenters. The van der Waals surface area contributed by atoms with Crippen LogP contribution in [0, 0.1) is 0 Å². The van der Waals surface area contributed by atoms with Crippen LogP contribution in [0.3, 0.4) is 0 Å². The fourth-order valence-corrected chi connectivity index (χ4v) is 6.21. The number of phenolic OH excluding ortho intramolecular Hbond substituents is 1. The second-order valence-corrected chi connectivity index (χ2v) is 10.9. The standard InChI is InChI=1S/C30H21BrF3N5O3/c31-12-16-13-39(23-11-24(40)27-18(26(16)23)10-25(38-27)30(32,33)34)29(42)22-9-15-7-17(5-6-20(15)37-22)35-28(41)21-8-14-3-1-2-4-19(14)36-21/h1-11,16,36-38,40H,12-13H2,(H,35,41). The number of nitrogens with zero attached hydrogens (tertiary/aromatic N) is 1. The lowest BCUT2D eigenvalue weighted by atomic mass is 9.99. The number of rotatable bonds is 4. The minimum Gasteiger partial charge on any atom is -0.506 e. The fourth-order valence-electron chi connectivity index (χ4n) is 5.68. The number of carbonyl (C=O) groups is 2. The van der Waals surface area contributed by atoms with Crippen molar-refractivity contribution in [3.8, 4) is 5.75 Å². The molecule has 0 spiro atoms. The van der Waals surface area contributed by atoms with Crippen molar-refractivity contribution >= 4 is 71.8 Å². The first-order valence-corrected chi connectivity index (χ1v) is 14.1. The molecule has 0 saturated carbocycles. The topological polar surface area (TPSA) is 117 Å². The molecule has 5 N–H and O–H groups in total. The third-order valence-corrected chi connectivity index (χ3v) is 8.42. The Bertz CT molecular complexity index is 2030. The van der Waals surface area contributed by atoms with Crippen LogP contribution >= 0.6 is 15.9 Å². The third kappa shape index (κ3) is 4.21. The molecule has 1 atom stereocenters. The monoisotopic (exact) mass is 635 g/mol. The van der Waals surface area contributed by atoms with E-state index in [1.807, 2.05) is 24.3 Å². The molecule has 2 amide bonds. The molecule has 3 aromatic heterocycles. The van der Waals surface area contributed by atoms with Crippen LogP contribution in [0.1, 0.15) is 38.2 Å². The maximum absolute atomic E-state index is 13.7. The van der Waals surface area contributed by atoms with E-state index in [1.54, 1.807) is 30.3 Å². The Labute approximate surface area is 243 Å². The zero-order valence-corrected chi connectivity index (χ0v) is 23.2. The number of amides is 2. The van der Waals surface area contributed by atoms with Gasteiger partial charge in [-0.05, 0) is 48.0 Å². The van der Waals surface area contributed by atoms with Crippen LogP contribution in [-0.2, 0) is 6.18 Å². The summed E-state index contributed by atoms with van der Waals surface area (Å²) >= 11 is 3.43. The van der Waals surface area contributed by atoms with Crippen molar-refractivity contribution in [1.29, 1.82) is 0 Å². The van der Waals surface area contributed by atoms with Gasteiger partial charge in [0, 0.05) is 56.7 Å². The maximum atomic E-state index is 13.7. The van der Waals surface area contributed by atoms with E-state index in [4.69, 9.17) is 0 Å². The summed E-state index contributed by atoms with van der Waals surface area (Å²) in [6.45, 7) is 0.214. The Kier molecular flexibility index (Phi) is 5.87. The molecule has 3 aromatic carbocycles. The molecule has 0 saturated heterocycles. The van der Waals surface area contributed by atoms with E-state index in [0.29, 0.717) is 38.9 Å². The number of H-pyrrole nitrogens is 3. The van der Waals surface area contributed by atoms with Gasteiger partial charge in [0.25, 0.3) is 11.8 Å². The summed E-state index contributed by atoms with van der Waals surface area (Å²) in [5.74, 6) is -1.37. The van der Waals surface area contributed by atoms with E-state index in [1.165, 1.54) is 11.0 Å². The molecule has 1 aliphatic heterocycles. The summed E-state index contributed by atoms with van der Waals surface area (Å²) in [6, 6.07) is 18.5. The van der Waals surface area contributed by atoms with Crippen molar-refractivity contribution in [2.75, 3.05) is 22.1 Å². The molecule has 1 aliphatic rings. The number of halogens is 4. The minimum absolute atomic E-state index is 0.0195. The normalized spacial score (nSPS) is 15.1. The Morgan fingerprint density at radius 3 is 2.45 bits per heavy atom. The molecule has 42 heavy (non-hydrogen) atoms. The maximum Gasteiger partial charge on any atom is 0.431 e. The minimum atomic E-state index is -4.62. The number of nitrogens with one attached hydrogen (secondary N) is 4. The van der Waals surface area contributed by atoms with E-state index < -0.39 is 17.8 Å². The predicted octanol–water partition coefficient (Wildman–Crippen LogP) is 7.25. The Morgan fingerprint density at radius 1 is 0.952 bits per heavy atom. The van der Waals surface area contributed by atoms with Crippen LogP contribution in [0.4, 0.5) is 24.5 Å². The van der Waals surface area contributed by atoms with Gasteiger partial charge in [0.15, 0.2) is 0 Å². The van der Waals surface area contributed by atoms with Crippen LogP contribution in [0.15, 0.2) is 66.7 Å². The second-order valence-electron chi connectivity index (χ2n) is 10.3. The lowest BCUT2D eigenvalue weighted by Crippen LogP contribution is -2.30. The van der Waals surface area contributed by atoms with E-state index in [-0.39, 0.29) is 40.7 Å². The number of carbonyl (C=O) groups excluding carboxylic acids is 2. The van der Waals surface area contributed by atoms with Gasteiger partial charge in [-0.25, -0.2) is 0 Å². The van der Waals surface area contributed by atoms with Gasteiger partial charge in [-0.3, -0.25) is 9.59 Å². The molecule has 0 fully saturated rings. The van der Waals surface area contributed by atoms with Crippen molar-refractivity contribution in [1.82, 2.24) is 15.0 Å². The average Bonchev–Trinajstić information content (AvgIpc) is 3.74. The molecule has 6 aromatic rings. The van der Waals surface area contributed by atoms with Gasteiger partial charge in [-0.2, -0.15) is 13.2 Å². The number of aromatic nitrogens is 3. The van der Waals surface area contributed by atoms with Gasteiger partial charge in [-0.1, -0.05) is 34.1 Å². The van der Waals surface area contributed by atoms with Crippen molar-refractivity contribution in [2.45, 2.75) is 12.1 Å². The molecule has 212 valence electrons. The van der Waals surface area contributed by atoms with E-state index in [9.17, 15) is 27.9 Å². The lowest BCUT2D eigenvalue weighted by molar-refractivity contribution is -0.140. The first-order chi connectivity index (χ1) is 20.1. The van der Waals surface area contributed by atoms with Gasteiger partial charge >= 0.3 is 6.18 Å². The Balaban J connectivity index is 1.19. The van der Waals surface area contributed by atoms with Gasteiger partial charge < -0.3 is 30.3 Å². The molecule has 0 aliphatic carbocycles. The average molecular weight is 636 g/mol. The first-order valence-electron chi connectivity index (χ1n) is 13.0. The van der Waals surface area contributed by atoms with Crippen LogP contribution in [0.2, 0.25) is 0 Å². The van der Waals surface area contributed by atoms with Crippen molar-refractivity contribution in [3.63, 3.8) is 0 Å². The number of benzene rings is 3. The van der Waals surface area contributed by atoms with Crippen molar-refractivity contribution in [3.05, 3.63) is 89.4 Å². The third-order valence-electron chi connectivity index (χ3n) is 7.64. The highest BCUT2D eigenvalue weighted by atomic mass is 79.9. The van der Waals surface area contributed by atoms with Crippen LogP contribution in [0.25, 0.3) is 32.7 Å². The Morgan fingerprint density at radius 2 is 1.69 bits per heavy atom. The van der Waals surface area contributed by atoms with Gasteiger partial charge in [0.05, 0.1) is 11.2 Å². The highest BCUT2D eigenvalue weighted by Crippen LogP contribution is 2.47. The number of aromatic hydroxyl groups is 1. The number of hydrogen-bond acceptors (Lipinski definition) is 3. The lowest BCUT2D eigenvalue weighted by Gasteiger charge is -2.17. The quantitative estimate of drug-likeness (QED) is 0.131. The number of phenols is 1. The zero-order valence-electron chi connectivity index (χ0n) is 21.6. The molecule has 0 radical (unpaired) electrons. The number of anilines is 2. The van der Waals surface area contributed by atoms with E-state index in [0.717, 1.165) is 17.0 Å². The van der Waals surface area contributed by atoms with Crippen LogP contribution in [0.5, 0.6) is 5.75 Å². The summed E-state index contributed by atoms with van der Waals surface area (Å²) in [4.78, 5) is 36.5. The van der Waals surface area contributed by atoms with Crippen molar-refractivity contribution < 1.29 is 27.9 Å². The summed E-state index contributed by atoms with van der Waals surface area (Å²) in [5, 5.41) is 15.7. The summed E-state index contributed by atoms with van der Waals surface area (Å²) in [7, 11) is 0. The molecular formula is C30H21BrF3N5O3. The smallest absolute Gasteiger partial charge is 0.431 e. The number of fused-ring (bicyclic) bond motifs is 5. The van der Waals surface area contributed by atoms with Crippen LogP contribution in [-0.4, -0.2) is 43.7 Å². The van der Waals surface area contributed by atoms with Crippen LogP contribution < -0.4 is 10.2 Å².